The molecule has 8 bridgehead atoms. The van der Waals surface area contributed by atoms with Crippen LogP contribution >= 0.6 is 7.82 Å². The van der Waals surface area contributed by atoms with Crippen molar-refractivity contribution in [3.05, 3.63) is 120 Å². The molecule has 30 heteroatoms. The summed E-state index contributed by atoms with van der Waals surface area (Å²) in [6.07, 6.45) is -2.35. The van der Waals surface area contributed by atoms with Crippen LogP contribution in [0.4, 0.5) is 0 Å². The molecule has 1 radical (unpaired) electrons. The number of phosphoric ester groups is 1. The molecule has 6 aliphatic heterocycles. The number of phosphoric acid groups is 1. The van der Waals surface area contributed by atoms with E-state index in [1.165, 1.54) is 17.8 Å². The fourth-order valence-corrected chi connectivity index (χ4v) is 15.8. The molecule has 1 unspecified atom stereocenters. The monoisotopic (exact) mass is 1350 g/mol. The molecule has 1 aromatic carbocycles. The van der Waals surface area contributed by atoms with Crippen LogP contribution in [-0.2, 0) is 68.7 Å². The maximum absolute atomic E-state index is 14.4. The van der Waals surface area contributed by atoms with Gasteiger partial charge in [0, 0.05) is 73.7 Å². The first-order valence-corrected chi connectivity index (χ1v) is 31.9. The van der Waals surface area contributed by atoms with E-state index in [2.05, 4.69) is 10.3 Å². The van der Waals surface area contributed by atoms with Gasteiger partial charge in [-0.25, -0.2) is 9.55 Å². The van der Waals surface area contributed by atoms with Gasteiger partial charge in [-0.05, 0) is 112 Å². The number of amides is 7. The number of fused-ring (bicyclic) bond motifs is 10. The predicted molar refractivity (Wildman–Crippen MR) is 336 cm³/mol. The number of nitrogens with two attached hydrogens (primary N) is 6. The Morgan fingerprint density at radius 3 is 2.00 bits per heavy atom. The van der Waals surface area contributed by atoms with E-state index in [0.29, 0.717) is 61.8 Å². The minimum atomic E-state index is -5.10. The second-order valence-electron chi connectivity index (χ2n) is 26.4. The van der Waals surface area contributed by atoms with Crippen LogP contribution in [0.25, 0.3) is 38.2 Å². The molecule has 0 spiro atoms. The number of ether oxygens (including phenoxy) is 1. The number of carbonyl (C=O) groups is 7. The van der Waals surface area contributed by atoms with Gasteiger partial charge in [0.25, 0.3) is 0 Å². The third kappa shape index (κ3) is 14.4. The number of aromatic nitrogens is 2. The predicted octanol–water partition coefficient (Wildman–Crippen LogP) is 5.36. The van der Waals surface area contributed by atoms with Gasteiger partial charge < -0.3 is 92.7 Å². The number of aliphatic hydroxyl groups is 2. The summed E-state index contributed by atoms with van der Waals surface area (Å²) in [7, 11) is -5.10. The van der Waals surface area contributed by atoms with Crippen LogP contribution in [0.15, 0.2) is 81.1 Å². The summed E-state index contributed by atoms with van der Waals surface area (Å²) in [5, 5.41) is 52.6. The van der Waals surface area contributed by atoms with Crippen LogP contribution in [0.1, 0.15) is 144 Å². The fraction of sp³-hybridized carbons (Fsp3) is 0.571. The molecule has 6 aliphatic rings. The van der Waals surface area contributed by atoms with Gasteiger partial charge in [0.2, 0.25) is 47.2 Å². The summed E-state index contributed by atoms with van der Waals surface area (Å²) in [6, 6.07) is 1.85. The molecule has 0 saturated carbocycles. The van der Waals surface area contributed by atoms with E-state index in [0.717, 1.165) is 11.1 Å². The molecule has 16 N–H and O–H groups in total. The van der Waals surface area contributed by atoms with E-state index >= 15 is 0 Å². The van der Waals surface area contributed by atoms with Gasteiger partial charge in [-0.15, -0.1) is 34.2 Å². The number of imidazole rings is 1. The third-order valence-electron chi connectivity index (χ3n) is 19.9. The number of hydrogen-bond donors (Lipinski definition) is 10. The molecular weight excluding hydrogens is 1270 g/mol. The normalized spacial score (nSPS) is 30.7. The van der Waals surface area contributed by atoms with Crippen LogP contribution in [0, 0.1) is 59.2 Å². The molecule has 8 rings (SSSR count). The molecule has 93 heavy (non-hydrogen) atoms. The molecule has 2 aromatic rings. The second-order valence-corrected chi connectivity index (χ2v) is 27.8. The number of rotatable bonds is 26. The van der Waals surface area contributed by atoms with Crippen molar-refractivity contribution < 1.29 is 88.4 Å². The minimum absolute atomic E-state index is 0. The van der Waals surface area contributed by atoms with E-state index in [1.54, 1.807) is 33.8 Å². The number of allylic oxidation sites excluding steroid dienone is 5. The first-order chi connectivity index (χ1) is 42.8. The smallest absolute Gasteiger partial charge is 0.473 e. The van der Waals surface area contributed by atoms with Crippen LogP contribution < -0.4 is 49.3 Å². The Labute approximate surface area is 551 Å². The molecule has 2 saturated heterocycles. The zero-order valence-electron chi connectivity index (χ0n) is 54.3. The van der Waals surface area contributed by atoms with Crippen LogP contribution in [0.2, 0.25) is 0 Å². The maximum Gasteiger partial charge on any atom is 0.473 e. The summed E-state index contributed by atoms with van der Waals surface area (Å²) in [5.41, 5.74) is 36.8. The Bertz CT molecular complexity index is 3650. The molecule has 28 nitrogen and oxygen atoms in total. The number of aryl methyl sites for hydroxylation is 2. The van der Waals surface area contributed by atoms with Crippen molar-refractivity contribution in [3.8, 4) is 0 Å². The summed E-state index contributed by atoms with van der Waals surface area (Å²) < 4.78 is 31.9. The molecule has 511 valence electrons. The number of nitrogens with one attached hydrogen (secondary N) is 1. The first kappa shape index (κ1) is 74.3. The van der Waals surface area contributed by atoms with E-state index in [4.69, 9.17) is 81.3 Å². The number of benzene rings is 1. The Kier molecular flexibility index (Phi) is 22.4. The van der Waals surface area contributed by atoms with Gasteiger partial charge in [0.15, 0.2) is 18.0 Å². The number of hydrogen-bond acceptors (Lipinski definition) is 14. The van der Waals surface area contributed by atoms with E-state index in [9.17, 15) is 53.2 Å². The zero-order chi connectivity index (χ0) is 68.7. The average molecular weight is 1350 g/mol. The second kappa shape index (κ2) is 28.1. The fourth-order valence-electron chi connectivity index (χ4n) is 14.7. The summed E-state index contributed by atoms with van der Waals surface area (Å²) in [4.78, 5) is 109. The molecule has 7 heterocycles. The van der Waals surface area contributed by atoms with Crippen LogP contribution in [0.3, 0.4) is 0 Å². The number of carbonyl (C=O) groups excluding carboxylic acids is 7. The van der Waals surface area contributed by atoms with Crippen molar-refractivity contribution in [2.24, 2.45) is 67.9 Å². The molecular formula is C63H86CoN14O14P-5. The molecule has 12 atom stereocenters. The van der Waals surface area contributed by atoms with Crippen LogP contribution in [0.5, 0.6) is 0 Å². The van der Waals surface area contributed by atoms with Gasteiger partial charge in [0.1, 0.15) is 6.33 Å². The van der Waals surface area contributed by atoms with Gasteiger partial charge >= 0.3 is 7.82 Å². The Morgan fingerprint density at radius 2 is 1.42 bits per heavy atom. The summed E-state index contributed by atoms with van der Waals surface area (Å²) >= 11 is 0. The number of nitrogens with zero attached hydrogens (tertiary/aromatic N) is 7. The van der Waals surface area contributed by atoms with Crippen molar-refractivity contribution in [2.45, 2.75) is 183 Å². The largest absolute Gasteiger partial charge is 0.685 e. The van der Waals surface area contributed by atoms with Crippen molar-refractivity contribution in [1.29, 1.82) is 5.26 Å². The Hall–Kier alpha value is -7.71. The topological polar surface area (TPSA) is 491 Å². The van der Waals surface area contributed by atoms with Crippen molar-refractivity contribution in [2.75, 3.05) is 13.2 Å². The molecule has 2 fully saturated rings. The molecule has 1 aromatic heterocycles. The zero-order valence-corrected chi connectivity index (χ0v) is 56.2. The van der Waals surface area contributed by atoms with E-state index < -0.39 is 131 Å². The van der Waals surface area contributed by atoms with E-state index in [1.807, 2.05) is 53.7 Å². The van der Waals surface area contributed by atoms with Crippen LogP contribution in [-0.4, -0.2) is 106 Å². The summed E-state index contributed by atoms with van der Waals surface area (Å²) in [6.45, 7) is 23.7. The summed E-state index contributed by atoms with van der Waals surface area (Å²) in [5.74, 6) is -6.71. The van der Waals surface area contributed by atoms with Crippen molar-refractivity contribution in [3.63, 3.8) is 0 Å². The molecule has 0 aliphatic carbocycles. The Morgan fingerprint density at radius 1 is 0.817 bits per heavy atom. The first-order valence-electron chi connectivity index (χ1n) is 30.4. The van der Waals surface area contributed by atoms with Gasteiger partial charge in [0.05, 0.1) is 23.7 Å². The number of primary amides is 6. The standard InChI is InChI=1S/C62H86N13O14P.CN.Co/c1-29-20-39-40(21-30(29)2)75(28-70-39)57-52(84)53(41(27-76)87-57)89-90(85,86)88-31(3)26-69-49(83)18-19-59(8)37(22-46(66)80)56-62(11)61(10,25-48(68)82)36(14-17-45(65)79)51(74-62)33(5)55-60(9,24-47(67)81)34(12-15-43(63)77)38(71-55)23-42-58(6,7)35(13-16-44(64)78)50(72-42)32(4)54(59)73-56;1-2;/h20-21,23,28,31,35,37,41,50,53,56,76H,12-19,22,24-27H2,1-11H3,(H15,63,64,65,66,67,68,69,77,78,79,80,81,82,83,84,85,86);;/q-4;-1;/b42-23-,54-32-,55-33-;;/t31-,35-,37+,41-,50-,53-,56-,59-,60+,61+,62+;;/m1../s1. The van der Waals surface area contributed by atoms with Gasteiger partial charge in [-0.2, -0.15) is 11.4 Å². The molecule has 7 amide bonds. The van der Waals surface area contributed by atoms with Gasteiger partial charge in [-0.1, -0.05) is 70.4 Å². The number of aliphatic hydroxyl groups excluding tert-OH is 2. The SMILES string of the molecule is C/C1=C2/[N-]C(=C(CCC(N)=O)[C@]2(C)CC(N)=O)/C=C2\[N-][C@H](/C(C)=C3\[N-][C@H]([C@H](CC(N)=O)[C@@]3(C)CCC(=O)NC[C@@H](C)OP(=O)(O)O[C@H]3C(O)=C([n+]4c[n-]c5cc(C)c(C)cc54)O[C@@H]3CO)[C@]3(C)[N-]C1=C(CCC(N)=O)[C@]3(C)CC(N)=O)[C@@H](CCC(N)=O)C2(C)C.[C-]#N.[Co]. The minimum Gasteiger partial charge on any atom is -0.685 e. The van der Waals surface area contributed by atoms with Crippen molar-refractivity contribution >= 4 is 66.1 Å². The average Bonchev–Trinajstić information content (AvgIpc) is 1.53. The quantitative estimate of drug-likeness (QED) is 0.0322. The Balaban J connectivity index is 0.00000453. The third-order valence-corrected chi connectivity index (χ3v) is 21.0. The van der Waals surface area contributed by atoms with Crippen molar-refractivity contribution in [1.82, 2.24) is 10.3 Å². The maximum atomic E-state index is 14.4. The van der Waals surface area contributed by atoms with E-state index in [-0.39, 0.29) is 99.8 Å². The van der Waals surface area contributed by atoms with Gasteiger partial charge in [-0.3, -0.25) is 47.2 Å².